The lowest BCUT2D eigenvalue weighted by Gasteiger charge is -2.12. The maximum atomic E-state index is 12.2. The summed E-state index contributed by atoms with van der Waals surface area (Å²) in [4.78, 5) is 12.2. The van der Waals surface area contributed by atoms with Gasteiger partial charge in [0.05, 0.1) is 5.56 Å². The van der Waals surface area contributed by atoms with Gasteiger partial charge in [0.15, 0.2) is 0 Å². The van der Waals surface area contributed by atoms with Crippen LogP contribution in [0.4, 0.5) is 5.69 Å². The Morgan fingerprint density at radius 1 is 1.39 bits per heavy atom. The lowest BCUT2D eigenvalue weighted by Crippen LogP contribution is -2.29. The quantitative estimate of drug-likeness (QED) is 0.838. The van der Waals surface area contributed by atoms with Crippen LogP contribution in [0.5, 0.6) is 0 Å². The summed E-state index contributed by atoms with van der Waals surface area (Å²) in [6.07, 6.45) is 2.12. The highest BCUT2D eigenvalue weighted by atomic mass is 16.1. The van der Waals surface area contributed by atoms with Crippen molar-refractivity contribution in [2.75, 3.05) is 11.9 Å². The van der Waals surface area contributed by atoms with Crippen LogP contribution in [0, 0.1) is 5.41 Å². The molecule has 18 heavy (non-hydrogen) atoms. The highest BCUT2D eigenvalue weighted by Crippen LogP contribution is 2.44. The lowest BCUT2D eigenvalue weighted by molar-refractivity contribution is 0.0947. The van der Waals surface area contributed by atoms with Crippen molar-refractivity contribution in [1.29, 1.82) is 0 Å². The van der Waals surface area contributed by atoms with Crippen LogP contribution >= 0.6 is 0 Å². The first-order valence-corrected chi connectivity index (χ1v) is 6.68. The fourth-order valence-electron chi connectivity index (χ4n) is 2.04. The summed E-state index contributed by atoms with van der Waals surface area (Å²) in [5.41, 5.74) is 1.94. The number of carbonyl (C=O) groups is 1. The molecule has 0 radical (unpaired) electrons. The first-order chi connectivity index (χ1) is 8.54. The van der Waals surface area contributed by atoms with Crippen LogP contribution < -0.4 is 10.6 Å². The van der Waals surface area contributed by atoms with Crippen LogP contribution in [-0.4, -0.2) is 18.5 Å². The molecule has 2 N–H and O–H groups in total. The van der Waals surface area contributed by atoms with E-state index in [1.165, 1.54) is 0 Å². The largest absolute Gasteiger partial charge is 0.384 e. The van der Waals surface area contributed by atoms with E-state index in [9.17, 15) is 4.79 Å². The zero-order valence-electron chi connectivity index (χ0n) is 11.4. The monoisotopic (exact) mass is 246 g/mol. The summed E-state index contributed by atoms with van der Waals surface area (Å²) in [5, 5.41) is 6.40. The highest BCUT2D eigenvalue weighted by molar-refractivity contribution is 6.00. The zero-order chi connectivity index (χ0) is 13.2. The van der Waals surface area contributed by atoms with E-state index in [1.807, 2.05) is 24.3 Å². The first kappa shape index (κ1) is 12.9. The molecule has 0 aliphatic heterocycles. The minimum absolute atomic E-state index is 0.0322. The minimum Gasteiger partial charge on any atom is -0.384 e. The van der Waals surface area contributed by atoms with Gasteiger partial charge < -0.3 is 10.6 Å². The summed E-state index contributed by atoms with van der Waals surface area (Å²) in [7, 11) is 0. The third-order valence-corrected chi connectivity index (χ3v) is 3.56. The normalized spacial score (nSPS) is 20.3. The molecule has 1 unspecified atom stereocenters. The van der Waals surface area contributed by atoms with Crippen molar-refractivity contribution < 1.29 is 4.79 Å². The number of nitrogens with one attached hydrogen (secondary N) is 2. The van der Waals surface area contributed by atoms with Crippen molar-refractivity contribution in [2.24, 2.45) is 5.41 Å². The van der Waals surface area contributed by atoms with Gasteiger partial charge in [-0.15, -0.1) is 0 Å². The molecule has 1 saturated carbocycles. The second kappa shape index (κ2) is 5.01. The van der Waals surface area contributed by atoms with Gasteiger partial charge in [-0.05, 0) is 30.4 Å². The Hall–Kier alpha value is -1.51. The smallest absolute Gasteiger partial charge is 0.253 e. The summed E-state index contributed by atoms with van der Waals surface area (Å²) in [5.74, 6) is 0.0322. The Labute approximate surface area is 109 Å². The van der Waals surface area contributed by atoms with E-state index in [-0.39, 0.29) is 11.3 Å². The molecule has 0 saturated heterocycles. The Morgan fingerprint density at radius 2 is 2.06 bits per heavy atom. The molecular formula is C15H22N2O. The molecule has 0 bridgehead atoms. The molecule has 1 aliphatic rings. The van der Waals surface area contributed by atoms with E-state index in [0.717, 1.165) is 30.6 Å². The van der Waals surface area contributed by atoms with Gasteiger partial charge in [-0.2, -0.15) is 0 Å². The van der Waals surface area contributed by atoms with E-state index in [2.05, 4.69) is 31.4 Å². The second-order valence-corrected chi connectivity index (χ2v) is 5.69. The van der Waals surface area contributed by atoms with Crippen LogP contribution in [0.2, 0.25) is 0 Å². The molecule has 1 fully saturated rings. The van der Waals surface area contributed by atoms with Crippen molar-refractivity contribution in [3.8, 4) is 0 Å². The summed E-state index contributed by atoms with van der Waals surface area (Å²) >= 11 is 0. The van der Waals surface area contributed by atoms with Crippen LogP contribution in [0.1, 0.15) is 44.0 Å². The maximum absolute atomic E-state index is 12.2. The van der Waals surface area contributed by atoms with Crippen molar-refractivity contribution in [3.05, 3.63) is 29.8 Å². The molecular weight excluding hydrogens is 224 g/mol. The van der Waals surface area contributed by atoms with Crippen molar-refractivity contribution in [3.63, 3.8) is 0 Å². The van der Waals surface area contributed by atoms with Gasteiger partial charge in [-0.3, -0.25) is 4.79 Å². The number of rotatable bonds is 5. The third-order valence-electron chi connectivity index (χ3n) is 3.56. The van der Waals surface area contributed by atoms with Crippen molar-refractivity contribution in [2.45, 2.75) is 39.7 Å². The van der Waals surface area contributed by atoms with Gasteiger partial charge >= 0.3 is 0 Å². The van der Waals surface area contributed by atoms with Crippen molar-refractivity contribution in [1.82, 2.24) is 5.32 Å². The predicted octanol–water partition coefficient (Wildman–Crippen LogP) is 3.04. The Bertz CT molecular complexity index is 440. The fourth-order valence-corrected chi connectivity index (χ4v) is 2.04. The predicted molar refractivity (Wildman–Crippen MR) is 74.9 cm³/mol. The third kappa shape index (κ3) is 2.84. The first-order valence-electron chi connectivity index (χ1n) is 6.68. The number of hydrogen-bond acceptors (Lipinski definition) is 2. The molecule has 1 aromatic rings. The number of carbonyl (C=O) groups excluding carboxylic acids is 1. The Morgan fingerprint density at radius 3 is 2.67 bits per heavy atom. The molecule has 1 amide bonds. The second-order valence-electron chi connectivity index (χ2n) is 5.69. The van der Waals surface area contributed by atoms with E-state index < -0.39 is 0 Å². The summed E-state index contributed by atoms with van der Waals surface area (Å²) < 4.78 is 0. The zero-order valence-corrected chi connectivity index (χ0v) is 11.4. The van der Waals surface area contributed by atoms with E-state index in [4.69, 9.17) is 0 Å². The molecule has 1 aliphatic carbocycles. The number of benzene rings is 1. The number of amides is 1. The van der Waals surface area contributed by atoms with Gasteiger partial charge in [0.1, 0.15) is 0 Å². The van der Waals surface area contributed by atoms with Crippen LogP contribution in [0.15, 0.2) is 24.3 Å². The molecule has 2 rings (SSSR count). The summed E-state index contributed by atoms with van der Waals surface area (Å²) in [6, 6.07) is 8.02. The van der Waals surface area contributed by atoms with Gasteiger partial charge in [0, 0.05) is 18.3 Å². The fraction of sp³-hybridized carbons (Fsp3) is 0.533. The molecule has 0 aromatic heterocycles. The van der Waals surface area contributed by atoms with Crippen molar-refractivity contribution >= 4 is 11.6 Å². The topological polar surface area (TPSA) is 41.1 Å². The number of para-hydroxylation sites is 1. The van der Waals surface area contributed by atoms with E-state index in [0.29, 0.717) is 6.04 Å². The maximum Gasteiger partial charge on any atom is 0.253 e. The lowest BCUT2D eigenvalue weighted by atomic mass is 10.1. The van der Waals surface area contributed by atoms with Crippen LogP contribution in [0.25, 0.3) is 0 Å². The Balaban J connectivity index is 2.05. The molecule has 98 valence electrons. The molecule has 0 heterocycles. The number of anilines is 1. The highest BCUT2D eigenvalue weighted by Gasteiger charge is 2.46. The van der Waals surface area contributed by atoms with Crippen LogP contribution in [0.3, 0.4) is 0 Å². The minimum atomic E-state index is 0.0322. The van der Waals surface area contributed by atoms with E-state index in [1.54, 1.807) is 0 Å². The molecule has 3 heteroatoms. The van der Waals surface area contributed by atoms with E-state index >= 15 is 0 Å². The van der Waals surface area contributed by atoms with Gasteiger partial charge in [-0.25, -0.2) is 0 Å². The number of hydrogen-bond donors (Lipinski definition) is 2. The average Bonchev–Trinajstić information content (AvgIpc) is 2.94. The average molecular weight is 246 g/mol. The van der Waals surface area contributed by atoms with Gasteiger partial charge in [0.2, 0.25) is 0 Å². The van der Waals surface area contributed by atoms with Crippen LogP contribution in [-0.2, 0) is 0 Å². The summed E-state index contributed by atoms with van der Waals surface area (Å²) in [6.45, 7) is 7.36. The molecule has 1 atom stereocenters. The molecule has 3 nitrogen and oxygen atoms in total. The van der Waals surface area contributed by atoms with Gasteiger partial charge in [-0.1, -0.05) is 32.9 Å². The Kier molecular flexibility index (Phi) is 3.60. The van der Waals surface area contributed by atoms with Gasteiger partial charge in [0.25, 0.3) is 5.91 Å². The SMILES string of the molecule is CCCNc1ccccc1C(=O)NC1CC1(C)C. The standard InChI is InChI=1S/C15H22N2O/c1-4-9-16-12-8-6-5-7-11(12)14(18)17-13-10-15(13,2)3/h5-8,13,16H,4,9-10H2,1-3H3,(H,17,18). The molecule has 1 aromatic carbocycles. The molecule has 0 spiro atoms.